The highest BCUT2D eigenvalue weighted by Crippen LogP contribution is 2.11. The molecule has 1 rings (SSSR count). The Balaban J connectivity index is 2.64. The average molecular weight is 189 g/mol. The maximum atomic E-state index is 5.69. The quantitative estimate of drug-likeness (QED) is 0.756. The van der Waals surface area contributed by atoms with Gasteiger partial charge in [-0.25, -0.2) is 0 Å². The number of hydrogen-bond donors (Lipinski definition) is 1. The Morgan fingerprint density at radius 2 is 2.00 bits per heavy atom. The molecule has 0 aliphatic heterocycles. The van der Waals surface area contributed by atoms with Gasteiger partial charge in [0.1, 0.15) is 0 Å². The Hall–Kier alpha value is -1.08. The maximum Gasteiger partial charge on any atom is 0.0140 e. The first-order chi connectivity index (χ1) is 6.86. The molecule has 14 heavy (non-hydrogen) atoms. The Labute approximate surface area is 86.6 Å². The largest absolute Gasteiger partial charge is 0.327 e. The van der Waals surface area contributed by atoms with Crippen LogP contribution >= 0.6 is 0 Å². The summed E-state index contributed by atoms with van der Waals surface area (Å²) >= 11 is 0. The molecule has 0 spiro atoms. The van der Waals surface area contributed by atoms with Crippen LogP contribution in [0.5, 0.6) is 0 Å². The Kier molecular flexibility index (Phi) is 5.02. The van der Waals surface area contributed by atoms with E-state index < -0.39 is 0 Å². The summed E-state index contributed by atoms with van der Waals surface area (Å²) in [6, 6.07) is 10.4. The summed E-state index contributed by atoms with van der Waals surface area (Å²) in [5.41, 5.74) is 8.29. The van der Waals surface area contributed by atoms with Crippen molar-refractivity contribution in [1.82, 2.24) is 0 Å². The van der Waals surface area contributed by atoms with Gasteiger partial charge in [0.15, 0.2) is 0 Å². The Morgan fingerprint density at radius 1 is 1.29 bits per heavy atom. The van der Waals surface area contributed by atoms with E-state index in [0.29, 0.717) is 6.54 Å². The van der Waals surface area contributed by atoms with Crippen molar-refractivity contribution >= 4 is 6.08 Å². The number of benzene rings is 1. The van der Waals surface area contributed by atoms with Crippen LogP contribution in [0.2, 0.25) is 0 Å². The van der Waals surface area contributed by atoms with Gasteiger partial charge in [-0.15, -0.1) is 0 Å². The Bertz CT molecular complexity index is 275. The summed E-state index contributed by atoms with van der Waals surface area (Å²) in [6.45, 7) is 2.88. The van der Waals surface area contributed by atoms with Gasteiger partial charge in [0.2, 0.25) is 0 Å². The van der Waals surface area contributed by atoms with Gasteiger partial charge in [-0.05, 0) is 18.4 Å². The van der Waals surface area contributed by atoms with Crippen LogP contribution in [0.25, 0.3) is 6.08 Å². The van der Waals surface area contributed by atoms with Gasteiger partial charge < -0.3 is 5.73 Å². The van der Waals surface area contributed by atoms with Crippen molar-refractivity contribution in [1.29, 1.82) is 0 Å². The predicted molar refractivity (Wildman–Crippen MR) is 63.0 cm³/mol. The molecule has 76 valence electrons. The lowest BCUT2D eigenvalue weighted by molar-refractivity contribution is 0.778. The standard InChI is InChI=1S/C13H19N/c1-2-3-7-13(11-14)10-12-8-5-4-6-9-12/h4-6,8-10H,2-3,7,11,14H2,1H3. The first kappa shape index (κ1) is 11.0. The maximum absolute atomic E-state index is 5.69. The minimum absolute atomic E-state index is 0.675. The number of rotatable bonds is 5. The second-order valence-corrected chi connectivity index (χ2v) is 3.52. The first-order valence-corrected chi connectivity index (χ1v) is 5.31. The topological polar surface area (TPSA) is 26.0 Å². The summed E-state index contributed by atoms with van der Waals surface area (Å²) < 4.78 is 0. The minimum atomic E-state index is 0.675. The van der Waals surface area contributed by atoms with Crippen LogP contribution in [0.15, 0.2) is 35.9 Å². The van der Waals surface area contributed by atoms with Crippen molar-refractivity contribution in [3.63, 3.8) is 0 Å². The molecule has 0 saturated carbocycles. The van der Waals surface area contributed by atoms with Crippen molar-refractivity contribution in [2.75, 3.05) is 6.54 Å². The van der Waals surface area contributed by atoms with Crippen LogP contribution in [0, 0.1) is 0 Å². The summed E-state index contributed by atoms with van der Waals surface area (Å²) in [5.74, 6) is 0. The van der Waals surface area contributed by atoms with Gasteiger partial charge in [-0.1, -0.05) is 55.3 Å². The molecular formula is C13H19N. The monoisotopic (exact) mass is 189 g/mol. The number of hydrogen-bond acceptors (Lipinski definition) is 1. The highest BCUT2D eigenvalue weighted by atomic mass is 14.5. The molecule has 1 heteroatoms. The van der Waals surface area contributed by atoms with E-state index in [4.69, 9.17) is 5.73 Å². The molecule has 1 aromatic rings. The molecule has 2 N–H and O–H groups in total. The molecule has 0 fully saturated rings. The van der Waals surface area contributed by atoms with Crippen LogP contribution in [-0.2, 0) is 0 Å². The highest BCUT2D eigenvalue weighted by molar-refractivity contribution is 5.52. The molecule has 1 aromatic carbocycles. The molecule has 1 nitrogen and oxygen atoms in total. The molecular weight excluding hydrogens is 170 g/mol. The van der Waals surface area contributed by atoms with E-state index in [2.05, 4.69) is 37.3 Å². The van der Waals surface area contributed by atoms with E-state index in [-0.39, 0.29) is 0 Å². The van der Waals surface area contributed by atoms with Crippen molar-refractivity contribution in [3.8, 4) is 0 Å². The zero-order valence-electron chi connectivity index (χ0n) is 8.87. The van der Waals surface area contributed by atoms with Gasteiger partial charge >= 0.3 is 0 Å². The fraction of sp³-hybridized carbons (Fsp3) is 0.385. The lowest BCUT2D eigenvalue weighted by Crippen LogP contribution is -2.02. The third-order valence-corrected chi connectivity index (χ3v) is 2.28. The van der Waals surface area contributed by atoms with E-state index in [1.54, 1.807) is 0 Å². The van der Waals surface area contributed by atoms with E-state index >= 15 is 0 Å². The molecule has 0 unspecified atom stereocenters. The molecule has 0 aliphatic rings. The van der Waals surface area contributed by atoms with Crippen LogP contribution in [0.4, 0.5) is 0 Å². The van der Waals surface area contributed by atoms with Crippen LogP contribution in [0.1, 0.15) is 31.7 Å². The summed E-state index contributed by atoms with van der Waals surface area (Å²) in [7, 11) is 0. The van der Waals surface area contributed by atoms with Crippen molar-refractivity contribution in [2.45, 2.75) is 26.2 Å². The highest BCUT2D eigenvalue weighted by Gasteiger charge is 1.94. The molecule has 0 saturated heterocycles. The zero-order valence-corrected chi connectivity index (χ0v) is 8.87. The number of unbranched alkanes of at least 4 members (excludes halogenated alkanes) is 1. The van der Waals surface area contributed by atoms with Crippen molar-refractivity contribution in [3.05, 3.63) is 41.5 Å². The molecule has 0 aromatic heterocycles. The Morgan fingerprint density at radius 3 is 2.57 bits per heavy atom. The molecule has 0 radical (unpaired) electrons. The second-order valence-electron chi connectivity index (χ2n) is 3.52. The fourth-order valence-electron chi connectivity index (χ4n) is 1.42. The SMILES string of the molecule is CCCCC(=Cc1ccccc1)CN. The van der Waals surface area contributed by atoms with Crippen molar-refractivity contribution in [2.24, 2.45) is 5.73 Å². The van der Waals surface area contributed by atoms with Gasteiger partial charge in [-0.2, -0.15) is 0 Å². The molecule has 0 aliphatic carbocycles. The lowest BCUT2D eigenvalue weighted by atomic mass is 10.1. The normalized spacial score (nSPS) is 11.7. The molecule has 0 atom stereocenters. The van der Waals surface area contributed by atoms with E-state index in [1.165, 1.54) is 24.0 Å². The molecule has 0 heterocycles. The van der Waals surface area contributed by atoms with E-state index in [0.717, 1.165) is 6.42 Å². The van der Waals surface area contributed by atoms with Crippen LogP contribution in [0.3, 0.4) is 0 Å². The third-order valence-electron chi connectivity index (χ3n) is 2.28. The van der Waals surface area contributed by atoms with Crippen LogP contribution in [-0.4, -0.2) is 6.54 Å². The smallest absolute Gasteiger partial charge is 0.0140 e. The van der Waals surface area contributed by atoms with Crippen molar-refractivity contribution < 1.29 is 0 Å². The molecule has 0 amide bonds. The second kappa shape index (κ2) is 6.39. The fourth-order valence-corrected chi connectivity index (χ4v) is 1.42. The van der Waals surface area contributed by atoms with Gasteiger partial charge in [0, 0.05) is 6.54 Å². The lowest BCUT2D eigenvalue weighted by Gasteiger charge is -2.03. The predicted octanol–water partition coefficient (Wildman–Crippen LogP) is 3.22. The van der Waals surface area contributed by atoms with E-state index in [9.17, 15) is 0 Å². The summed E-state index contributed by atoms with van der Waals surface area (Å²) in [5, 5.41) is 0. The summed E-state index contributed by atoms with van der Waals surface area (Å²) in [6.07, 6.45) is 5.79. The first-order valence-electron chi connectivity index (χ1n) is 5.31. The van der Waals surface area contributed by atoms with Gasteiger partial charge in [-0.3, -0.25) is 0 Å². The minimum Gasteiger partial charge on any atom is -0.327 e. The average Bonchev–Trinajstić information content (AvgIpc) is 2.25. The zero-order chi connectivity index (χ0) is 10.2. The third kappa shape index (κ3) is 3.75. The van der Waals surface area contributed by atoms with E-state index in [1.807, 2.05) is 6.07 Å². The number of nitrogens with two attached hydrogens (primary N) is 1. The van der Waals surface area contributed by atoms with Gasteiger partial charge in [0.05, 0.1) is 0 Å². The molecule has 0 bridgehead atoms. The summed E-state index contributed by atoms with van der Waals surface area (Å²) in [4.78, 5) is 0. The van der Waals surface area contributed by atoms with Crippen LogP contribution < -0.4 is 5.73 Å². The van der Waals surface area contributed by atoms with Gasteiger partial charge in [0.25, 0.3) is 0 Å².